The summed E-state index contributed by atoms with van der Waals surface area (Å²) in [6, 6.07) is 7.46. The number of aromatic carboxylic acids is 1. The SMILES string of the molecule is COC1CC(NCc2cccc(C(=O)O)c2)C1(C)C. The highest BCUT2D eigenvalue weighted by Crippen LogP contribution is 2.42. The van der Waals surface area contributed by atoms with Crippen molar-refractivity contribution in [2.24, 2.45) is 5.41 Å². The molecule has 2 N–H and O–H groups in total. The summed E-state index contributed by atoms with van der Waals surface area (Å²) in [4.78, 5) is 10.9. The molecule has 2 unspecified atom stereocenters. The topological polar surface area (TPSA) is 58.6 Å². The number of nitrogens with one attached hydrogen (secondary N) is 1. The summed E-state index contributed by atoms with van der Waals surface area (Å²) in [6.45, 7) is 5.07. The average molecular weight is 263 g/mol. The summed E-state index contributed by atoms with van der Waals surface area (Å²) >= 11 is 0. The number of benzene rings is 1. The molecule has 0 aromatic heterocycles. The maximum atomic E-state index is 10.9. The molecule has 19 heavy (non-hydrogen) atoms. The van der Waals surface area contributed by atoms with Crippen LogP contribution < -0.4 is 5.32 Å². The lowest BCUT2D eigenvalue weighted by Crippen LogP contribution is -2.60. The summed E-state index contributed by atoms with van der Waals surface area (Å²) < 4.78 is 5.42. The molecule has 4 nitrogen and oxygen atoms in total. The third-order valence-corrected chi connectivity index (χ3v) is 4.19. The number of carboxylic acid groups (broad SMARTS) is 1. The van der Waals surface area contributed by atoms with E-state index < -0.39 is 5.97 Å². The molecule has 1 aliphatic carbocycles. The largest absolute Gasteiger partial charge is 0.478 e. The van der Waals surface area contributed by atoms with Crippen LogP contribution >= 0.6 is 0 Å². The van der Waals surface area contributed by atoms with Gasteiger partial charge in [-0.15, -0.1) is 0 Å². The van der Waals surface area contributed by atoms with Crippen LogP contribution in [0.15, 0.2) is 24.3 Å². The minimum Gasteiger partial charge on any atom is -0.478 e. The third-order valence-electron chi connectivity index (χ3n) is 4.19. The first kappa shape index (κ1) is 14.0. The van der Waals surface area contributed by atoms with Crippen LogP contribution in [0.3, 0.4) is 0 Å². The molecule has 0 bridgehead atoms. The fraction of sp³-hybridized carbons (Fsp3) is 0.533. The van der Waals surface area contributed by atoms with Crippen molar-refractivity contribution in [3.8, 4) is 0 Å². The molecule has 4 heteroatoms. The fourth-order valence-corrected chi connectivity index (χ4v) is 2.69. The monoisotopic (exact) mass is 263 g/mol. The molecule has 0 aliphatic heterocycles. The van der Waals surface area contributed by atoms with E-state index >= 15 is 0 Å². The number of hydrogen-bond acceptors (Lipinski definition) is 3. The van der Waals surface area contributed by atoms with Crippen molar-refractivity contribution in [1.29, 1.82) is 0 Å². The van der Waals surface area contributed by atoms with Gasteiger partial charge in [-0.2, -0.15) is 0 Å². The van der Waals surface area contributed by atoms with Gasteiger partial charge in [0.15, 0.2) is 0 Å². The van der Waals surface area contributed by atoms with Gasteiger partial charge in [0.2, 0.25) is 0 Å². The summed E-state index contributed by atoms with van der Waals surface area (Å²) in [6.07, 6.45) is 1.30. The fourth-order valence-electron chi connectivity index (χ4n) is 2.69. The molecule has 1 saturated carbocycles. The molecule has 104 valence electrons. The van der Waals surface area contributed by atoms with Gasteiger partial charge in [0.05, 0.1) is 11.7 Å². The van der Waals surface area contributed by atoms with E-state index in [2.05, 4.69) is 19.2 Å². The van der Waals surface area contributed by atoms with Crippen molar-refractivity contribution < 1.29 is 14.6 Å². The molecule has 1 aromatic rings. The Kier molecular flexibility index (Phi) is 3.92. The Morgan fingerprint density at radius 3 is 2.84 bits per heavy atom. The molecule has 1 fully saturated rings. The number of carbonyl (C=O) groups is 1. The van der Waals surface area contributed by atoms with E-state index in [1.165, 1.54) is 0 Å². The maximum absolute atomic E-state index is 10.9. The lowest BCUT2D eigenvalue weighted by molar-refractivity contribution is -0.0979. The van der Waals surface area contributed by atoms with E-state index in [1.54, 1.807) is 25.3 Å². The normalized spacial score (nSPS) is 24.8. The van der Waals surface area contributed by atoms with E-state index in [-0.39, 0.29) is 5.41 Å². The van der Waals surface area contributed by atoms with Gasteiger partial charge in [-0.05, 0) is 24.1 Å². The number of rotatable bonds is 5. The van der Waals surface area contributed by atoms with Gasteiger partial charge in [-0.25, -0.2) is 4.79 Å². The Bertz CT molecular complexity index is 470. The van der Waals surface area contributed by atoms with E-state index in [1.807, 2.05) is 6.07 Å². The number of carboxylic acids is 1. The molecule has 0 amide bonds. The minimum atomic E-state index is -0.884. The first-order valence-corrected chi connectivity index (χ1v) is 6.53. The Morgan fingerprint density at radius 2 is 2.26 bits per heavy atom. The van der Waals surface area contributed by atoms with Crippen LogP contribution in [0, 0.1) is 5.41 Å². The average Bonchev–Trinajstić information content (AvgIpc) is 2.38. The zero-order chi connectivity index (χ0) is 14.0. The van der Waals surface area contributed by atoms with Crippen molar-refractivity contribution in [1.82, 2.24) is 5.32 Å². The van der Waals surface area contributed by atoms with Crippen LogP contribution in [0.25, 0.3) is 0 Å². The van der Waals surface area contributed by atoms with Crippen LogP contribution in [0.2, 0.25) is 0 Å². The van der Waals surface area contributed by atoms with Gasteiger partial charge in [0.1, 0.15) is 0 Å². The van der Waals surface area contributed by atoms with Crippen molar-refractivity contribution >= 4 is 5.97 Å². The Labute approximate surface area is 113 Å². The van der Waals surface area contributed by atoms with Crippen molar-refractivity contribution in [2.45, 2.75) is 39.0 Å². The van der Waals surface area contributed by atoms with Crippen LogP contribution in [-0.4, -0.2) is 30.3 Å². The smallest absolute Gasteiger partial charge is 0.335 e. The molecule has 0 radical (unpaired) electrons. The highest BCUT2D eigenvalue weighted by Gasteiger charge is 2.48. The second kappa shape index (κ2) is 5.31. The maximum Gasteiger partial charge on any atom is 0.335 e. The van der Waals surface area contributed by atoms with Crippen LogP contribution in [0.5, 0.6) is 0 Å². The lowest BCUT2D eigenvalue weighted by atomic mass is 9.64. The molecule has 0 spiro atoms. The first-order chi connectivity index (χ1) is 8.95. The predicted molar refractivity (Wildman–Crippen MR) is 73.2 cm³/mol. The van der Waals surface area contributed by atoms with Crippen LogP contribution in [0.4, 0.5) is 0 Å². The molecular weight excluding hydrogens is 242 g/mol. The van der Waals surface area contributed by atoms with Crippen LogP contribution in [0.1, 0.15) is 36.2 Å². The predicted octanol–water partition coefficient (Wildman–Crippen LogP) is 2.29. The van der Waals surface area contributed by atoms with Crippen LogP contribution in [-0.2, 0) is 11.3 Å². The highest BCUT2D eigenvalue weighted by atomic mass is 16.5. The van der Waals surface area contributed by atoms with Crippen molar-refractivity contribution in [2.75, 3.05) is 7.11 Å². The molecule has 0 saturated heterocycles. The van der Waals surface area contributed by atoms with Gasteiger partial charge < -0.3 is 15.2 Å². The second-order valence-electron chi connectivity index (χ2n) is 5.72. The van der Waals surface area contributed by atoms with E-state index in [0.717, 1.165) is 12.0 Å². The third kappa shape index (κ3) is 2.80. The Hall–Kier alpha value is -1.39. The zero-order valence-corrected chi connectivity index (χ0v) is 11.6. The number of methoxy groups -OCH3 is 1. The van der Waals surface area contributed by atoms with E-state index in [4.69, 9.17) is 9.84 Å². The molecule has 1 aromatic carbocycles. The standard InChI is InChI=1S/C15H21NO3/c1-15(2)12(8-13(15)19-3)16-9-10-5-4-6-11(7-10)14(17)18/h4-7,12-13,16H,8-9H2,1-3H3,(H,17,18). The van der Waals surface area contributed by atoms with Gasteiger partial charge >= 0.3 is 5.97 Å². The lowest BCUT2D eigenvalue weighted by Gasteiger charge is -2.51. The van der Waals surface area contributed by atoms with Gasteiger partial charge in [0, 0.05) is 25.1 Å². The summed E-state index contributed by atoms with van der Waals surface area (Å²) in [5.74, 6) is -0.884. The Balaban J connectivity index is 1.93. The van der Waals surface area contributed by atoms with E-state index in [9.17, 15) is 4.79 Å². The summed E-state index contributed by atoms with van der Waals surface area (Å²) in [7, 11) is 1.75. The van der Waals surface area contributed by atoms with Crippen molar-refractivity contribution in [3.05, 3.63) is 35.4 Å². The highest BCUT2D eigenvalue weighted by molar-refractivity contribution is 5.87. The minimum absolute atomic E-state index is 0.124. The molecule has 2 atom stereocenters. The summed E-state index contributed by atoms with van der Waals surface area (Å²) in [5, 5.41) is 12.4. The van der Waals surface area contributed by atoms with Crippen molar-refractivity contribution in [3.63, 3.8) is 0 Å². The molecule has 0 heterocycles. The summed E-state index contributed by atoms with van der Waals surface area (Å²) in [5.41, 5.74) is 1.46. The molecular formula is C15H21NO3. The van der Waals surface area contributed by atoms with E-state index in [0.29, 0.717) is 24.3 Å². The quantitative estimate of drug-likeness (QED) is 0.855. The molecule has 2 rings (SSSR count). The van der Waals surface area contributed by atoms with Gasteiger partial charge in [-0.3, -0.25) is 0 Å². The zero-order valence-electron chi connectivity index (χ0n) is 11.6. The Morgan fingerprint density at radius 1 is 1.53 bits per heavy atom. The first-order valence-electron chi connectivity index (χ1n) is 6.53. The number of hydrogen-bond donors (Lipinski definition) is 2. The number of ether oxygens (including phenoxy) is 1. The van der Waals surface area contributed by atoms with Gasteiger partial charge in [0.25, 0.3) is 0 Å². The van der Waals surface area contributed by atoms with Gasteiger partial charge in [-0.1, -0.05) is 26.0 Å². The second-order valence-corrected chi connectivity index (χ2v) is 5.72. The molecule has 1 aliphatic rings.